The highest BCUT2D eigenvalue weighted by atomic mass is 16.4. The normalized spacial score (nSPS) is 10.1. The molecule has 0 aromatic carbocycles. The van der Waals surface area contributed by atoms with Gasteiger partial charge >= 0.3 is 6.01 Å². The summed E-state index contributed by atoms with van der Waals surface area (Å²) >= 11 is 0. The molecule has 2 aromatic heterocycles. The van der Waals surface area contributed by atoms with Gasteiger partial charge in [-0.3, -0.25) is 10.1 Å². The van der Waals surface area contributed by atoms with Crippen LogP contribution in [0.25, 0.3) is 0 Å². The van der Waals surface area contributed by atoms with Crippen LogP contribution < -0.4 is 11.1 Å². The lowest BCUT2D eigenvalue weighted by atomic mass is 10.3. The van der Waals surface area contributed by atoms with E-state index in [4.69, 9.17) is 10.2 Å². The van der Waals surface area contributed by atoms with E-state index in [9.17, 15) is 4.79 Å². The van der Waals surface area contributed by atoms with E-state index < -0.39 is 5.91 Å². The number of anilines is 2. The van der Waals surface area contributed by atoms with Crippen LogP contribution in [0.5, 0.6) is 0 Å². The molecule has 0 radical (unpaired) electrons. The SMILES string of the molecule is Cc1coc(NC(=O)c2ncccc2N)n1. The van der Waals surface area contributed by atoms with Crippen LogP contribution in [0.1, 0.15) is 16.2 Å². The molecule has 2 aromatic rings. The van der Waals surface area contributed by atoms with Crippen LogP contribution in [-0.2, 0) is 0 Å². The van der Waals surface area contributed by atoms with Crippen LogP contribution in [-0.4, -0.2) is 15.9 Å². The molecular formula is C10H10N4O2. The third-order valence-corrected chi connectivity index (χ3v) is 1.89. The minimum Gasteiger partial charge on any atom is -0.432 e. The van der Waals surface area contributed by atoms with Crippen LogP contribution in [0.15, 0.2) is 29.0 Å². The first-order valence-electron chi connectivity index (χ1n) is 4.61. The lowest BCUT2D eigenvalue weighted by Crippen LogP contribution is -2.15. The zero-order valence-electron chi connectivity index (χ0n) is 8.60. The van der Waals surface area contributed by atoms with Gasteiger partial charge in [0, 0.05) is 6.20 Å². The molecule has 6 nitrogen and oxygen atoms in total. The predicted molar refractivity (Wildman–Crippen MR) is 57.8 cm³/mol. The number of hydrogen-bond acceptors (Lipinski definition) is 5. The second-order valence-electron chi connectivity index (χ2n) is 3.19. The molecule has 0 aliphatic carbocycles. The monoisotopic (exact) mass is 218 g/mol. The summed E-state index contributed by atoms with van der Waals surface area (Å²) in [5.41, 5.74) is 6.75. The van der Waals surface area contributed by atoms with E-state index in [0.717, 1.165) is 0 Å². The summed E-state index contributed by atoms with van der Waals surface area (Å²) < 4.78 is 4.98. The topological polar surface area (TPSA) is 94.0 Å². The van der Waals surface area contributed by atoms with E-state index in [1.165, 1.54) is 12.5 Å². The Morgan fingerprint density at radius 2 is 2.38 bits per heavy atom. The fourth-order valence-electron chi connectivity index (χ4n) is 1.18. The highest BCUT2D eigenvalue weighted by molar-refractivity contribution is 6.05. The van der Waals surface area contributed by atoms with Crippen LogP contribution >= 0.6 is 0 Å². The van der Waals surface area contributed by atoms with Gasteiger partial charge in [0.1, 0.15) is 6.26 Å². The Labute approximate surface area is 91.5 Å². The summed E-state index contributed by atoms with van der Waals surface area (Å²) in [4.78, 5) is 19.5. The maximum absolute atomic E-state index is 11.7. The smallest absolute Gasteiger partial charge is 0.301 e. The maximum Gasteiger partial charge on any atom is 0.301 e. The van der Waals surface area contributed by atoms with Gasteiger partial charge in [0.05, 0.1) is 11.4 Å². The molecule has 3 N–H and O–H groups in total. The first-order chi connectivity index (χ1) is 7.66. The standard InChI is InChI=1S/C10H10N4O2/c1-6-5-16-10(13-6)14-9(15)8-7(11)3-2-4-12-8/h2-5H,11H2,1H3,(H,13,14,15). The van der Waals surface area contributed by atoms with E-state index in [1.54, 1.807) is 19.1 Å². The highest BCUT2D eigenvalue weighted by Crippen LogP contribution is 2.11. The largest absolute Gasteiger partial charge is 0.432 e. The number of rotatable bonds is 2. The molecule has 6 heteroatoms. The van der Waals surface area contributed by atoms with Gasteiger partial charge in [0.2, 0.25) is 0 Å². The molecule has 2 heterocycles. The van der Waals surface area contributed by atoms with Crippen molar-refractivity contribution in [3.05, 3.63) is 36.0 Å². The number of amides is 1. The van der Waals surface area contributed by atoms with Crippen LogP contribution in [0.3, 0.4) is 0 Å². The number of aromatic nitrogens is 2. The second-order valence-corrected chi connectivity index (χ2v) is 3.19. The van der Waals surface area contributed by atoms with Crippen molar-refractivity contribution >= 4 is 17.6 Å². The van der Waals surface area contributed by atoms with Crippen molar-refractivity contribution in [3.63, 3.8) is 0 Å². The zero-order chi connectivity index (χ0) is 11.5. The number of pyridine rings is 1. The average molecular weight is 218 g/mol. The van der Waals surface area contributed by atoms with Crippen molar-refractivity contribution in [1.29, 1.82) is 0 Å². The quantitative estimate of drug-likeness (QED) is 0.790. The number of carbonyl (C=O) groups is 1. The predicted octanol–water partition coefficient (Wildman–Crippen LogP) is 1.21. The van der Waals surface area contributed by atoms with Crippen molar-refractivity contribution in [2.75, 3.05) is 11.1 Å². The fraction of sp³-hybridized carbons (Fsp3) is 0.100. The molecule has 0 bridgehead atoms. The molecule has 0 spiro atoms. The molecule has 16 heavy (non-hydrogen) atoms. The van der Waals surface area contributed by atoms with E-state index in [-0.39, 0.29) is 11.7 Å². The molecule has 0 fully saturated rings. The van der Waals surface area contributed by atoms with Gasteiger partial charge in [-0.2, -0.15) is 4.98 Å². The number of aryl methyl sites for hydroxylation is 1. The minimum absolute atomic E-state index is 0.132. The number of nitrogens with zero attached hydrogens (tertiary/aromatic N) is 2. The van der Waals surface area contributed by atoms with E-state index in [0.29, 0.717) is 11.4 Å². The highest BCUT2D eigenvalue weighted by Gasteiger charge is 2.13. The van der Waals surface area contributed by atoms with Crippen molar-refractivity contribution in [3.8, 4) is 0 Å². The Bertz CT molecular complexity index is 521. The molecule has 0 saturated carbocycles. The first kappa shape index (κ1) is 10.2. The number of hydrogen-bond donors (Lipinski definition) is 2. The lowest BCUT2D eigenvalue weighted by Gasteiger charge is -2.02. The first-order valence-corrected chi connectivity index (χ1v) is 4.61. The Morgan fingerprint density at radius 1 is 1.56 bits per heavy atom. The van der Waals surface area contributed by atoms with Gasteiger partial charge < -0.3 is 10.2 Å². The summed E-state index contributed by atoms with van der Waals surface area (Å²) in [6.07, 6.45) is 2.93. The van der Waals surface area contributed by atoms with Crippen molar-refractivity contribution in [2.45, 2.75) is 6.92 Å². The van der Waals surface area contributed by atoms with Gasteiger partial charge in [0.25, 0.3) is 5.91 Å². The maximum atomic E-state index is 11.7. The average Bonchev–Trinajstić information content (AvgIpc) is 2.64. The lowest BCUT2D eigenvalue weighted by molar-refractivity contribution is 0.102. The summed E-state index contributed by atoms with van der Waals surface area (Å²) in [5, 5.41) is 2.46. The Morgan fingerprint density at radius 3 is 3.00 bits per heavy atom. The third kappa shape index (κ3) is 2.00. The molecule has 82 valence electrons. The summed E-state index contributed by atoms with van der Waals surface area (Å²) in [6.45, 7) is 1.76. The van der Waals surface area contributed by atoms with Gasteiger partial charge in [0.15, 0.2) is 5.69 Å². The van der Waals surface area contributed by atoms with Crippen LogP contribution in [0.4, 0.5) is 11.7 Å². The fourth-order valence-corrected chi connectivity index (χ4v) is 1.18. The Kier molecular flexibility index (Phi) is 2.55. The number of carbonyl (C=O) groups excluding carboxylic acids is 1. The van der Waals surface area contributed by atoms with E-state index >= 15 is 0 Å². The molecule has 0 unspecified atom stereocenters. The third-order valence-electron chi connectivity index (χ3n) is 1.89. The number of nitrogens with two attached hydrogens (primary N) is 1. The van der Waals surface area contributed by atoms with Crippen LogP contribution in [0.2, 0.25) is 0 Å². The molecule has 0 aliphatic heterocycles. The molecule has 0 saturated heterocycles. The van der Waals surface area contributed by atoms with Gasteiger partial charge in [-0.05, 0) is 19.1 Å². The molecule has 1 amide bonds. The van der Waals surface area contributed by atoms with E-state index in [2.05, 4.69) is 15.3 Å². The molecule has 0 atom stereocenters. The van der Waals surface area contributed by atoms with E-state index in [1.807, 2.05) is 0 Å². The van der Waals surface area contributed by atoms with Gasteiger partial charge in [-0.25, -0.2) is 4.98 Å². The summed E-state index contributed by atoms with van der Waals surface area (Å²) in [5.74, 6) is -0.444. The van der Waals surface area contributed by atoms with Crippen molar-refractivity contribution in [1.82, 2.24) is 9.97 Å². The van der Waals surface area contributed by atoms with Gasteiger partial charge in [-0.15, -0.1) is 0 Å². The van der Waals surface area contributed by atoms with Crippen LogP contribution in [0, 0.1) is 6.92 Å². The zero-order valence-corrected chi connectivity index (χ0v) is 8.60. The number of nitrogen functional groups attached to an aromatic ring is 1. The van der Waals surface area contributed by atoms with Gasteiger partial charge in [-0.1, -0.05) is 0 Å². The number of nitrogens with one attached hydrogen (secondary N) is 1. The summed E-state index contributed by atoms with van der Waals surface area (Å²) in [6, 6.07) is 3.39. The minimum atomic E-state index is -0.444. The Hall–Kier alpha value is -2.37. The number of oxazole rings is 1. The molecule has 0 aliphatic rings. The van der Waals surface area contributed by atoms with Crippen molar-refractivity contribution < 1.29 is 9.21 Å². The van der Waals surface area contributed by atoms with Crippen molar-refractivity contribution in [2.24, 2.45) is 0 Å². The second kappa shape index (κ2) is 4.01. The molecular weight excluding hydrogens is 208 g/mol. The summed E-state index contributed by atoms with van der Waals surface area (Å²) in [7, 11) is 0. The Balaban J connectivity index is 2.18. The molecule has 2 rings (SSSR count).